The Labute approximate surface area is 107 Å². The van der Waals surface area contributed by atoms with Crippen LogP contribution in [0.25, 0.3) is 0 Å². The van der Waals surface area contributed by atoms with Gasteiger partial charge < -0.3 is 10.0 Å². The highest BCUT2D eigenvalue weighted by molar-refractivity contribution is 5.57. The van der Waals surface area contributed by atoms with Crippen LogP contribution in [-0.2, 0) is 12.8 Å². The highest BCUT2D eigenvalue weighted by atomic mass is 16.3. The molecule has 4 nitrogen and oxygen atoms in total. The molecule has 0 saturated carbocycles. The van der Waals surface area contributed by atoms with Crippen LogP contribution in [0, 0.1) is 11.3 Å². The number of aliphatic hydroxyl groups is 1. The lowest BCUT2D eigenvalue weighted by Crippen LogP contribution is -2.39. The SMILES string of the molecule is N#Cc1cc2c(nc1N1CCCC(O)C1)CCC2. The monoisotopic (exact) mass is 243 g/mol. The number of fused-ring (bicyclic) bond motifs is 1. The summed E-state index contributed by atoms with van der Waals surface area (Å²) < 4.78 is 0. The first-order valence-electron chi connectivity index (χ1n) is 6.64. The van der Waals surface area contributed by atoms with Gasteiger partial charge in [-0.05, 0) is 43.7 Å². The average Bonchev–Trinajstić information content (AvgIpc) is 2.84. The Morgan fingerprint density at radius 1 is 1.39 bits per heavy atom. The van der Waals surface area contributed by atoms with Crippen LogP contribution in [0.2, 0.25) is 0 Å². The average molecular weight is 243 g/mol. The summed E-state index contributed by atoms with van der Waals surface area (Å²) in [5, 5.41) is 19.0. The Morgan fingerprint density at radius 2 is 2.28 bits per heavy atom. The first-order valence-corrected chi connectivity index (χ1v) is 6.64. The lowest BCUT2D eigenvalue weighted by molar-refractivity contribution is 0.154. The molecule has 1 atom stereocenters. The molecule has 0 amide bonds. The van der Waals surface area contributed by atoms with Crippen LogP contribution in [0.5, 0.6) is 0 Å². The van der Waals surface area contributed by atoms with Gasteiger partial charge in [0.15, 0.2) is 0 Å². The molecule has 0 radical (unpaired) electrons. The maximum Gasteiger partial charge on any atom is 0.146 e. The molecule has 1 aromatic rings. The molecule has 1 unspecified atom stereocenters. The number of aromatic nitrogens is 1. The quantitative estimate of drug-likeness (QED) is 0.810. The zero-order valence-electron chi connectivity index (χ0n) is 10.4. The van der Waals surface area contributed by atoms with Gasteiger partial charge in [-0.2, -0.15) is 5.26 Å². The van der Waals surface area contributed by atoms with Crippen molar-refractivity contribution in [3.63, 3.8) is 0 Å². The second-order valence-electron chi connectivity index (χ2n) is 5.17. The van der Waals surface area contributed by atoms with Crippen molar-refractivity contribution in [2.45, 2.75) is 38.2 Å². The van der Waals surface area contributed by atoms with E-state index in [2.05, 4.69) is 16.0 Å². The lowest BCUT2D eigenvalue weighted by atomic mass is 10.1. The molecule has 18 heavy (non-hydrogen) atoms. The van der Waals surface area contributed by atoms with Gasteiger partial charge in [-0.15, -0.1) is 0 Å². The van der Waals surface area contributed by atoms with E-state index < -0.39 is 0 Å². The molecule has 1 aliphatic carbocycles. The normalized spacial score (nSPS) is 22.7. The van der Waals surface area contributed by atoms with Gasteiger partial charge in [0, 0.05) is 18.8 Å². The molecule has 0 spiro atoms. The van der Waals surface area contributed by atoms with Gasteiger partial charge in [0.2, 0.25) is 0 Å². The van der Waals surface area contributed by atoms with Crippen LogP contribution in [0.15, 0.2) is 6.07 Å². The van der Waals surface area contributed by atoms with E-state index >= 15 is 0 Å². The number of nitrogens with zero attached hydrogens (tertiary/aromatic N) is 3. The van der Waals surface area contributed by atoms with Crippen LogP contribution in [0.1, 0.15) is 36.1 Å². The Hall–Kier alpha value is -1.60. The summed E-state index contributed by atoms with van der Waals surface area (Å²) in [4.78, 5) is 6.74. The molecule has 0 aromatic carbocycles. The van der Waals surface area contributed by atoms with Gasteiger partial charge >= 0.3 is 0 Å². The Balaban J connectivity index is 1.98. The molecule has 94 valence electrons. The summed E-state index contributed by atoms with van der Waals surface area (Å²) >= 11 is 0. The molecule has 2 aliphatic rings. The second-order valence-corrected chi connectivity index (χ2v) is 5.17. The van der Waals surface area contributed by atoms with Gasteiger partial charge in [-0.25, -0.2) is 4.98 Å². The number of piperidine rings is 1. The lowest BCUT2D eigenvalue weighted by Gasteiger charge is -2.31. The van der Waals surface area contributed by atoms with Crippen molar-refractivity contribution >= 4 is 5.82 Å². The van der Waals surface area contributed by atoms with Crippen molar-refractivity contribution < 1.29 is 5.11 Å². The molecule has 3 rings (SSSR count). The molecular formula is C14H17N3O. The topological polar surface area (TPSA) is 60.2 Å². The van der Waals surface area contributed by atoms with Gasteiger partial charge in [-0.3, -0.25) is 0 Å². The Bertz CT molecular complexity index is 506. The van der Waals surface area contributed by atoms with E-state index in [1.165, 1.54) is 5.56 Å². The van der Waals surface area contributed by atoms with Crippen molar-refractivity contribution in [2.75, 3.05) is 18.0 Å². The number of hydrogen-bond donors (Lipinski definition) is 1. The zero-order valence-corrected chi connectivity index (χ0v) is 10.4. The fourth-order valence-corrected chi connectivity index (χ4v) is 2.93. The summed E-state index contributed by atoms with van der Waals surface area (Å²) in [7, 11) is 0. The second kappa shape index (κ2) is 4.58. The first-order chi connectivity index (χ1) is 8.78. The molecule has 1 aromatic heterocycles. The van der Waals surface area contributed by atoms with Crippen molar-refractivity contribution in [3.05, 3.63) is 22.9 Å². The van der Waals surface area contributed by atoms with Crippen molar-refractivity contribution in [1.82, 2.24) is 4.98 Å². The molecule has 1 fully saturated rings. The molecular weight excluding hydrogens is 226 g/mol. The molecule has 2 heterocycles. The zero-order chi connectivity index (χ0) is 12.5. The summed E-state index contributed by atoms with van der Waals surface area (Å²) in [5.74, 6) is 0.775. The fourth-order valence-electron chi connectivity index (χ4n) is 2.93. The van der Waals surface area contributed by atoms with Gasteiger partial charge in [0.05, 0.1) is 11.7 Å². The highest BCUT2D eigenvalue weighted by Gasteiger charge is 2.24. The van der Waals surface area contributed by atoms with Gasteiger partial charge in [0.1, 0.15) is 11.9 Å². The number of pyridine rings is 1. The van der Waals surface area contributed by atoms with Crippen LogP contribution in [0.4, 0.5) is 5.82 Å². The minimum Gasteiger partial charge on any atom is -0.391 e. The third kappa shape index (κ3) is 1.95. The minimum absolute atomic E-state index is 0.291. The third-order valence-electron chi connectivity index (χ3n) is 3.85. The Morgan fingerprint density at radius 3 is 3.06 bits per heavy atom. The largest absolute Gasteiger partial charge is 0.391 e. The van der Waals surface area contributed by atoms with Crippen LogP contribution in [-0.4, -0.2) is 29.3 Å². The van der Waals surface area contributed by atoms with Crippen molar-refractivity contribution in [2.24, 2.45) is 0 Å². The standard InChI is InChI=1S/C14H17N3O/c15-8-11-7-10-3-1-5-13(10)16-14(11)17-6-2-4-12(18)9-17/h7,12,18H,1-6,9H2. The van der Waals surface area contributed by atoms with Crippen LogP contribution >= 0.6 is 0 Å². The molecule has 1 aliphatic heterocycles. The van der Waals surface area contributed by atoms with E-state index in [4.69, 9.17) is 0 Å². The van der Waals surface area contributed by atoms with E-state index in [-0.39, 0.29) is 6.10 Å². The number of β-amino-alcohol motifs (C(OH)–C–C–N with tert-alkyl or cyclic N) is 1. The molecule has 4 heteroatoms. The summed E-state index contributed by atoms with van der Waals surface area (Å²) in [6.07, 6.45) is 4.72. The number of aryl methyl sites for hydroxylation is 2. The maximum absolute atomic E-state index is 9.75. The van der Waals surface area contributed by atoms with Crippen molar-refractivity contribution in [3.8, 4) is 6.07 Å². The molecule has 0 bridgehead atoms. The first kappa shape index (κ1) is 11.5. The summed E-state index contributed by atoms with van der Waals surface area (Å²) in [5.41, 5.74) is 3.03. The van der Waals surface area contributed by atoms with E-state index in [0.717, 1.165) is 50.2 Å². The third-order valence-corrected chi connectivity index (χ3v) is 3.85. The van der Waals surface area contributed by atoms with E-state index in [9.17, 15) is 10.4 Å². The predicted molar refractivity (Wildman–Crippen MR) is 68.4 cm³/mol. The summed E-state index contributed by atoms with van der Waals surface area (Å²) in [6, 6.07) is 4.24. The maximum atomic E-state index is 9.75. The number of hydrogen-bond acceptors (Lipinski definition) is 4. The van der Waals surface area contributed by atoms with E-state index in [0.29, 0.717) is 12.1 Å². The smallest absolute Gasteiger partial charge is 0.146 e. The number of rotatable bonds is 1. The molecule has 1 N–H and O–H groups in total. The predicted octanol–water partition coefficient (Wildman–Crippen LogP) is 1.40. The van der Waals surface area contributed by atoms with Crippen LogP contribution in [0.3, 0.4) is 0 Å². The molecule has 1 saturated heterocycles. The van der Waals surface area contributed by atoms with Gasteiger partial charge in [0.25, 0.3) is 0 Å². The number of anilines is 1. The minimum atomic E-state index is -0.291. The number of aliphatic hydroxyl groups excluding tert-OH is 1. The Kier molecular flexibility index (Phi) is 2.92. The van der Waals surface area contributed by atoms with Gasteiger partial charge in [-0.1, -0.05) is 0 Å². The van der Waals surface area contributed by atoms with Crippen LogP contribution < -0.4 is 4.90 Å². The number of nitriles is 1. The highest BCUT2D eigenvalue weighted by Crippen LogP contribution is 2.28. The summed E-state index contributed by atoms with van der Waals surface area (Å²) in [6.45, 7) is 1.48. The fraction of sp³-hybridized carbons (Fsp3) is 0.571. The van der Waals surface area contributed by atoms with E-state index in [1.807, 2.05) is 6.07 Å². The van der Waals surface area contributed by atoms with E-state index in [1.54, 1.807) is 0 Å². The van der Waals surface area contributed by atoms with Crippen molar-refractivity contribution in [1.29, 1.82) is 5.26 Å².